The smallest absolute Gasteiger partial charge is 0.263 e. The maximum Gasteiger partial charge on any atom is 0.263 e. The van der Waals surface area contributed by atoms with Gasteiger partial charge in [-0.3, -0.25) is 14.2 Å². The van der Waals surface area contributed by atoms with Gasteiger partial charge in [-0.05, 0) is 61.6 Å². The molecule has 0 saturated carbocycles. The van der Waals surface area contributed by atoms with Gasteiger partial charge in [-0.15, -0.1) is 11.3 Å². The molecule has 5 nitrogen and oxygen atoms in total. The molecular weight excluding hydrogens is 394 g/mol. The van der Waals surface area contributed by atoms with E-state index in [1.54, 1.807) is 11.3 Å². The molecular formula is C24H29N3O2S. The largest absolute Gasteiger partial charge is 0.324 e. The lowest BCUT2D eigenvalue weighted by molar-refractivity contribution is -0.116. The van der Waals surface area contributed by atoms with Crippen LogP contribution in [0.5, 0.6) is 0 Å². The van der Waals surface area contributed by atoms with Crippen LogP contribution in [0.3, 0.4) is 0 Å². The molecule has 158 valence electrons. The van der Waals surface area contributed by atoms with E-state index in [4.69, 9.17) is 4.98 Å². The molecule has 6 heteroatoms. The van der Waals surface area contributed by atoms with E-state index in [-0.39, 0.29) is 18.0 Å². The molecule has 2 heterocycles. The first-order chi connectivity index (χ1) is 14.3. The van der Waals surface area contributed by atoms with E-state index in [1.165, 1.54) is 9.44 Å². The van der Waals surface area contributed by atoms with E-state index in [9.17, 15) is 9.59 Å². The van der Waals surface area contributed by atoms with Crippen molar-refractivity contribution < 1.29 is 4.79 Å². The average Bonchev–Trinajstić information content (AvgIpc) is 3.03. The Morgan fingerprint density at radius 1 is 1.33 bits per heavy atom. The lowest BCUT2D eigenvalue weighted by Gasteiger charge is -2.18. The highest BCUT2D eigenvalue weighted by Crippen LogP contribution is 2.35. The van der Waals surface area contributed by atoms with E-state index in [2.05, 4.69) is 26.1 Å². The molecule has 0 fully saturated rings. The lowest BCUT2D eigenvalue weighted by Crippen LogP contribution is -2.30. The lowest BCUT2D eigenvalue weighted by atomic mass is 9.89. The summed E-state index contributed by atoms with van der Waals surface area (Å²) in [6.45, 7) is 10.2. The number of anilines is 1. The molecule has 0 aliphatic heterocycles. The quantitative estimate of drug-likeness (QED) is 0.645. The number of aromatic nitrogens is 2. The van der Waals surface area contributed by atoms with Gasteiger partial charge in [0, 0.05) is 10.6 Å². The van der Waals surface area contributed by atoms with Gasteiger partial charge in [0.25, 0.3) is 5.56 Å². The highest BCUT2D eigenvalue weighted by atomic mass is 32.1. The minimum absolute atomic E-state index is 0.0273. The standard InChI is InChI=1S/C24H29N3O2S/c1-13(2)17-8-6-7-15(4)22(17)26-20(28)12-27-16(5)25-23-21(24(27)29)18-10-9-14(3)11-19(18)30-23/h6-8,13-14H,9-12H2,1-5H3,(H,26,28). The van der Waals surface area contributed by atoms with Crippen LogP contribution in [-0.2, 0) is 24.2 Å². The third-order valence-electron chi connectivity index (χ3n) is 6.10. The summed E-state index contributed by atoms with van der Waals surface area (Å²) in [6.07, 6.45) is 3.03. The Labute approximate surface area is 181 Å². The number of nitrogens with zero attached hydrogens (tertiary/aromatic N) is 2. The Hall–Kier alpha value is -2.47. The zero-order valence-electron chi connectivity index (χ0n) is 18.3. The Morgan fingerprint density at radius 2 is 2.10 bits per heavy atom. The fourth-order valence-corrected chi connectivity index (χ4v) is 5.79. The van der Waals surface area contributed by atoms with Gasteiger partial charge < -0.3 is 5.32 Å². The van der Waals surface area contributed by atoms with Gasteiger partial charge in [0.2, 0.25) is 5.91 Å². The van der Waals surface area contributed by atoms with Crippen LogP contribution >= 0.6 is 11.3 Å². The van der Waals surface area contributed by atoms with Crippen LogP contribution in [0.1, 0.15) is 60.5 Å². The zero-order valence-corrected chi connectivity index (χ0v) is 19.2. The van der Waals surface area contributed by atoms with Crippen molar-refractivity contribution >= 4 is 33.1 Å². The highest BCUT2D eigenvalue weighted by Gasteiger charge is 2.24. The number of nitrogens with one attached hydrogen (secondary N) is 1. The minimum Gasteiger partial charge on any atom is -0.324 e. The van der Waals surface area contributed by atoms with Crippen molar-refractivity contribution in [1.82, 2.24) is 9.55 Å². The van der Waals surface area contributed by atoms with Crippen molar-refractivity contribution in [1.29, 1.82) is 0 Å². The van der Waals surface area contributed by atoms with Gasteiger partial charge in [0.1, 0.15) is 17.2 Å². The maximum absolute atomic E-state index is 13.3. The van der Waals surface area contributed by atoms with Crippen molar-refractivity contribution in [3.05, 3.63) is 55.9 Å². The molecule has 1 N–H and O–H groups in total. The van der Waals surface area contributed by atoms with Crippen LogP contribution in [0.2, 0.25) is 0 Å². The fourth-order valence-electron chi connectivity index (χ4n) is 4.38. The van der Waals surface area contributed by atoms with E-state index in [1.807, 2.05) is 32.0 Å². The molecule has 1 unspecified atom stereocenters. The van der Waals surface area contributed by atoms with E-state index >= 15 is 0 Å². The molecule has 0 saturated heterocycles. The zero-order chi connectivity index (χ0) is 21.6. The number of carbonyl (C=O) groups excluding carboxylic acids is 1. The number of amides is 1. The first-order valence-corrected chi connectivity index (χ1v) is 11.5. The Bertz CT molecular complexity index is 1190. The molecule has 1 amide bonds. The summed E-state index contributed by atoms with van der Waals surface area (Å²) >= 11 is 1.64. The first kappa shape index (κ1) is 20.8. The number of benzene rings is 1. The van der Waals surface area contributed by atoms with Gasteiger partial charge in [-0.25, -0.2) is 4.98 Å². The summed E-state index contributed by atoms with van der Waals surface area (Å²) in [5, 5.41) is 3.77. The molecule has 1 aliphatic rings. The van der Waals surface area contributed by atoms with Crippen LogP contribution in [0.25, 0.3) is 10.2 Å². The van der Waals surface area contributed by atoms with E-state index < -0.39 is 0 Å². The predicted octanol–water partition coefficient (Wildman–Crippen LogP) is 4.96. The maximum atomic E-state index is 13.3. The topological polar surface area (TPSA) is 64.0 Å². The number of carbonyl (C=O) groups is 1. The number of aryl methyl sites for hydroxylation is 3. The SMILES string of the molecule is Cc1cccc(C(C)C)c1NC(=O)Cn1c(C)nc2sc3c(c2c1=O)CCC(C)C3. The molecule has 2 aromatic heterocycles. The van der Waals surface area contributed by atoms with Crippen molar-refractivity contribution in [2.24, 2.45) is 5.92 Å². The monoisotopic (exact) mass is 423 g/mol. The summed E-state index contributed by atoms with van der Waals surface area (Å²) in [4.78, 5) is 33.1. The molecule has 1 aromatic carbocycles. The number of hydrogen-bond acceptors (Lipinski definition) is 4. The predicted molar refractivity (Wildman–Crippen MR) is 124 cm³/mol. The molecule has 30 heavy (non-hydrogen) atoms. The Morgan fingerprint density at radius 3 is 2.83 bits per heavy atom. The summed E-state index contributed by atoms with van der Waals surface area (Å²) in [5.41, 5.74) is 4.03. The molecule has 0 spiro atoms. The Balaban J connectivity index is 1.68. The fraction of sp³-hybridized carbons (Fsp3) is 0.458. The van der Waals surface area contributed by atoms with Crippen molar-refractivity contribution in [2.75, 3.05) is 5.32 Å². The number of thiophene rings is 1. The van der Waals surface area contributed by atoms with Gasteiger partial charge >= 0.3 is 0 Å². The summed E-state index contributed by atoms with van der Waals surface area (Å²) in [5.74, 6) is 1.32. The van der Waals surface area contributed by atoms with E-state index in [0.717, 1.165) is 51.9 Å². The van der Waals surface area contributed by atoms with Crippen molar-refractivity contribution in [3.63, 3.8) is 0 Å². The van der Waals surface area contributed by atoms with Crippen LogP contribution < -0.4 is 10.9 Å². The molecule has 3 aromatic rings. The third kappa shape index (κ3) is 3.69. The molecule has 0 radical (unpaired) electrons. The minimum atomic E-state index is -0.199. The normalized spacial score (nSPS) is 16.1. The summed E-state index contributed by atoms with van der Waals surface area (Å²) < 4.78 is 1.52. The third-order valence-corrected chi connectivity index (χ3v) is 7.25. The van der Waals surface area contributed by atoms with Gasteiger partial charge in [0.15, 0.2) is 0 Å². The van der Waals surface area contributed by atoms with Crippen LogP contribution in [-0.4, -0.2) is 15.5 Å². The van der Waals surface area contributed by atoms with E-state index in [0.29, 0.717) is 17.7 Å². The molecule has 0 bridgehead atoms. The Kier molecular flexibility index (Phi) is 5.53. The number of rotatable bonds is 4. The van der Waals surface area contributed by atoms with Crippen LogP contribution in [0.15, 0.2) is 23.0 Å². The second-order valence-corrected chi connectivity index (χ2v) is 9.91. The van der Waals surface area contributed by atoms with Crippen LogP contribution in [0, 0.1) is 19.8 Å². The first-order valence-electron chi connectivity index (χ1n) is 10.7. The van der Waals surface area contributed by atoms with Crippen LogP contribution in [0.4, 0.5) is 5.69 Å². The van der Waals surface area contributed by atoms with Gasteiger partial charge in [-0.2, -0.15) is 0 Å². The number of fused-ring (bicyclic) bond motifs is 3. The number of para-hydroxylation sites is 1. The van der Waals surface area contributed by atoms with Crippen molar-refractivity contribution in [2.45, 2.75) is 66.3 Å². The van der Waals surface area contributed by atoms with Gasteiger partial charge in [-0.1, -0.05) is 39.0 Å². The summed E-state index contributed by atoms with van der Waals surface area (Å²) in [7, 11) is 0. The summed E-state index contributed by atoms with van der Waals surface area (Å²) in [6, 6.07) is 6.04. The van der Waals surface area contributed by atoms with Crippen molar-refractivity contribution in [3.8, 4) is 0 Å². The second kappa shape index (κ2) is 7.99. The molecule has 4 rings (SSSR count). The highest BCUT2D eigenvalue weighted by molar-refractivity contribution is 7.18. The number of hydrogen-bond donors (Lipinski definition) is 1. The molecule has 1 atom stereocenters. The molecule has 1 aliphatic carbocycles. The average molecular weight is 424 g/mol. The van der Waals surface area contributed by atoms with Gasteiger partial charge in [0.05, 0.1) is 5.39 Å². The second-order valence-electron chi connectivity index (χ2n) is 8.82.